The van der Waals surface area contributed by atoms with E-state index in [1.807, 2.05) is 24.6 Å². The molecule has 1 atom stereocenters. The van der Waals surface area contributed by atoms with E-state index in [-0.39, 0.29) is 17.9 Å². The predicted molar refractivity (Wildman–Crippen MR) is 76.0 cm³/mol. The lowest BCUT2D eigenvalue weighted by Gasteiger charge is -2.15. The van der Waals surface area contributed by atoms with Crippen LogP contribution in [-0.4, -0.2) is 40.9 Å². The van der Waals surface area contributed by atoms with Gasteiger partial charge in [0.25, 0.3) is 5.91 Å². The molecule has 0 radical (unpaired) electrons. The Balaban J connectivity index is 2.14. The zero-order chi connectivity index (χ0) is 14.2. The molecule has 1 aromatic heterocycles. The number of rotatable bonds is 3. The molecule has 1 aliphatic heterocycles. The van der Waals surface area contributed by atoms with E-state index in [1.54, 1.807) is 18.0 Å². The first kappa shape index (κ1) is 14.1. The third-order valence-corrected chi connectivity index (χ3v) is 3.77. The molecule has 1 unspecified atom stereocenters. The number of hydrogen-bond donors (Lipinski definition) is 1. The quantitative estimate of drug-likeness (QED) is 0.920. The van der Waals surface area contributed by atoms with Crippen LogP contribution in [-0.2, 0) is 4.79 Å². The molecule has 0 bridgehead atoms. The summed E-state index contributed by atoms with van der Waals surface area (Å²) in [5, 5.41) is 2.81. The van der Waals surface area contributed by atoms with Crippen LogP contribution in [0.25, 0.3) is 0 Å². The van der Waals surface area contributed by atoms with E-state index in [0.29, 0.717) is 18.7 Å². The highest BCUT2D eigenvalue weighted by atomic mass is 79.9. The lowest BCUT2D eigenvalue weighted by molar-refractivity contribution is -0.128. The van der Waals surface area contributed by atoms with Gasteiger partial charge in [-0.3, -0.25) is 9.59 Å². The fourth-order valence-electron chi connectivity index (χ4n) is 2.24. The minimum absolute atomic E-state index is 0.0185. The smallest absolute Gasteiger partial charge is 0.268 e. The van der Waals surface area contributed by atoms with Crippen LogP contribution in [0.5, 0.6) is 0 Å². The maximum absolute atomic E-state index is 12.3. The van der Waals surface area contributed by atoms with E-state index in [9.17, 15) is 9.59 Å². The van der Waals surface area contributed by atoms with Crippen LogP contribution in [0.1, 0.15) is 36.8 Å². The van der Waals surface area contributed by atoms with Crippen LogP contribution in [0.2, 0.25) is 0 Å². The molecule has 2 rings (SSSR count). The maximum Gasteiger partial charge on any atom is 0.268 e. The van der Waals surface area contributed by atoms with Gasteiger partial charge < -0.3 is 14.8 Å². The summed E-state index contributed by atoms with van der Waals surface area (Å²) in [6, 6.07) is 1.57. The van der Waals surface area contributed by atoms with Gasteiger partial charge in [0.1, 0.15) is 11.7 Å². The van der Waals surface area contributed by atoms with Gasteiger partial charge in [-0.25, -0.2) is 0 Å². The molecule has 0 aromatic carbocycles. The summed E-state index contributed by atoms with van der Waals surface area (Å²) in [5.74, 6) is -0.219. The summed E-state index contributed by atoms with van der Waals surface area (Å²) < 4.78 is 2.75. The van der Waals surface area contributed by atoms with Crippen molar-refractivity contribution < 1.29 is 9.59 Å². The molecule has 5 nitrogen and oxygen atoms in total. The molecule has 2 amide bonds. The molecule has 2 heterocycles. The van der Waals surface area contributed by atoms with Crippen LogP contribution >= 0.6 is 15.9 Å². The second-order valence-electron chi connectivity index (χ2n) is 5.12. The van der Waals surface area contributed by atoms with Gasteiger partial charge in [0.05, 0.1) is 0 Å². The number of aromatic nitrogens is 1. The largest absolute Gasteiger partial charge is 0.344 e. The molecule has 104 valence electrons. The first-order valence-corrected chi connectivity index (χ1v) is 7.12. The highest BCUT2D eigenvalue weighted by molar-refractivity contribution is 9.10. The molecule has 0 saturated carbocycles. The van der Waals surface area contributed by atoms with Crippen LogP contribution in [0.4, 0.5) is 0 Å². The number of carbonyl (C=O) groups excluding carboxylic acids is 2. The zero-order valence-corrected chi connectivity index (χ0v) is 12.9. The molecule has 1 fully saturated rings. The normalized spacial score (nSPS) is 19.3. The van der Waals surface area contributed by atoms with Crippen molar-refractivity contribution in [1.82, 2.24) is 14.8 Å². The van der Waals surface area contributed by atoms with E-state index >= 15 is 0 Å². The lowest BCUT2D eigenvalue weighted by Crippen LogP contribution is -2.41. The maximum atomic E-state index is 12.3. The first-order valence-electron chi connectivity index (χ1n) is 6.33. The number of halogens is 1. The number of likely N-dealkylation sites (tertiary alicyclic amines) is 1. The number of nitrogens with one attached hydrogen (secondary N) is 1. The Kier molecular flexibility index (Phi) is 3.99. The average Bonchev–Trinajstić information content (AvgIpc) is 2.87. The lowest BCUT2D eigenvalue weighted by atomic mass is 10.2. The summed E-state index contributed by atoms with van der Waals surface area (Å²) in [6.45, 7) is 4.72. The second-order valence-corrected chi connectivity index (χ2v) is 6.03. The standard InChI is InChI=1S/C13H18BrN3O2/c1-8(2)17-7-9(14)6-11(17)12(18)15-10-4-5-16(3)13(10)19/h6-8,10H,4-5H2,1-3H3,(H,15,18). The average molecular weight is 328 g/mol. The number of carbonyl (C=O) groups is 2. The topological polar surface area (TPSA) is 54.3 Å². The fourth-order valence-corrected chi connectivity index (χ4v) is 2.68. The van der Waals surface area contributed by atoms with E-state index in [0.717, 1.165) is 4.47 Å². The third-order valence-electron chi connectivity index (χ3n) is 3.34. The number of hydrogen-bond acceptors (Lipinski definition) is 2. The van der Waals surface area contributed by atoms with Gasteiger partial charge in [0.15, 0.2) is 0 Å². The van der Waals surface area contributed by atoms with Crippen LogP contribution in [0.3, 0.4) is 0 Å². The third kappa shape index (κ3) is 2.83. The molecule has 1 saturated heterocycles. The first-order chi connectivity index (χ1) is 8.90. The molecule has 1 aliphatic rings. The summed E-state index contributed by atoms with van der Waals surface area (Å²) in [7, 11) is 1.75. The Morgan fingerprint density at radius 3 is 2.74 bits per heavy atom. The summed E-state index contributed by atoms with van der Waals surface area (Å²) in [6.07, 6.45) is 2.55. The molecule has 1 N–H and O–H groups in total. The van der Waals surface area contributed by atoms with Crippen molar-refractivity contribution in [2.45, 2.75) is 32.4 Å². The van der Waals surface area contributed by atoms with Gasteiger partial charge >= 0.3 is 0 Å². The van der Waals surface area contributed by atoms with Crippen LogP contribution in [0.15, 0.2) is 16.7 Å². The number of nitrogens with zero attached hydrogens (tertiary/aromatic N) is 2. The fraction of sp³-hybridized carbons (Fsp3) is 0.538. The monoisotopic (exact) mass is 327 g/mol. The Bertz CT molecular complexity index is 510. The van der Waals surface area contributed by atoms with Gasteiger partial charge in [0, 0.05) is 30.3 Å². The van der Waals surface area contributed by atoms with Crippen molar-refractivity contribution in [3.05, 3.63) is 22.4 Å². The van der Waals surface area contributed by atoms with Crippen molar-refractivity contribution >= 4 is 27.7 Å². The van der Waals surface area contributed by atoms with Gasteiger partial charge in [-0.1, -0.05) is 0 Å². The van der Waals surface area contributed by atoms with E-state index < -0.39 is 6.04 Å². The predicted octanol–water partition coefficient (Wildman–Crippen LogP) is 1.79. The van der Waals surface area contributed by atoms with Gasteiger partial charge in [-0.15, -0.1) is 0 Å². The highest BCUT2D eigenvalue weighted by Gasteiger charge is 2.31. The summed E-state index contributed by atoms with van der Waals surface area (Å²) in [5.41, 5.74) is 0.573. The molecule has 0 spiro atoms. The highest BCUT2D eigenvalue weighted by Crippen LogP contribution is 2.20. The summed E-state index contributed by atoms with van der Waals surface area (Å²) >= 11 is 3.38. The second kappa shape index (κ2) is 5.36. The minimum Gasteiger partial charge on any atom is -0.344 e. The molecule has 1 aromatic rings. The van der Waals surface area contributed by atoms with Crippen molar-refractivity contribution in [3.8, 4) is 0 Å². The Morgan fingerprint density at radius 1 is 1.53 bits per heavy atom. The van der Waals surface area contributed by atoms with Crippen LogP contribution < -0.4 is 5.32 Å². The minimum atomic E-state index is -0.396. The Labute approximate surface area is 121 Å². The molecular weight excluding hydrogens is 310 g/mol. The molecule has 6 heteroatoms. The van der Waals surface area contributed by atoms with Gasteiger partial charge in [0.2, 0.25) is 5.91 Å². The van der Waals surface area contributed by atoms with E-state index in [1.165, 1.54) is 0 Å². The molecule has 19 heavy (non-hydrogen) atoms. The number of amides is 2. The Morgan fingerprint density at radius 2 is 2.21 bits per heavy atom. The van der Waals surface area contributed by atoms with Crippen molar-refractivity contribution in [2.75, 3.05) is 13.6 Å². The SMILES string of the molecule is CC(C)n1cc(Br)cc1C(=O)NC1CCN(C)C1=O. The van der Waals surface area contributed by atoms with Gasteiger partial charge in [-0.2, -0.15) is 0 Å². The zero-order valence-electron chi connectivity index (χ0n) is 11.3. The molecular formula is C13H18BrN3O2. The Hall–Kier alpha value is -1.30. The van der Waals surface area contributed by atoms with Crippen LogP contribution in [0, 0.1) is 0 Å². The van der Waals surface area contributed by atoms with E-state index in [4.69, 9.17) is 0 Å². The molecule has 0 aliphatic carbocycles. The van der Waals surface area contributed by atoms with Crippen molar-refractivity contribution in [3.63, 3.8) is 0 Å². The van der Waals surface area contributed by atoms with Gasteiger partial charge in [-0.05, 0) is 42.3 Å². The van der Waals surface area contributed by atoms with E-state index in [2.05, 4.69) is 21.2 Å². The van der Waals surface area contributed by atoms with Crippen molar-refractivity contribution in [2.24, 2.45) is 0 Å². The number of likely N-dealkylation sites (N-methyl/N-ethyl adjacent to an activating group) is 1. The van der Waals surface area contributed by atoms with Crippen molar-refractivity contribution in [1.29, 1.82) is 0 Å². The summed E-state index contributed by atoms with van der Waals surface area (Å²) in [4.78, 5) is 25.7.